The van der Waals surface area contributed by atoms with Crippen LogP contribution in [0.3, 0.4) is 0 Å². The number of nitrogens with one attached hydrogen (secondary N) is 1. The predicted octanol–water partition coefficient (Wildman–Crippen LogP) is 2.79. The van der Waals surface area contributed by atoms with E-state index < -0.39 is 5.41 Å². The second-order valence-corrected chi connectivity index (χ2v) is 7.25. The Bertz CT molecular complexity index is 789. The van der Waals surface area contributed by atoms with Crippen LogP contribution in [0.1, 0.15) is 26.3 Å². The van der Waals surface area contributed by atoms with E-state index in [1.807, 2.05) is 43.1 Å². The number of carbonyl (C=O) groups is 2. The summed E-state index contributed by atoms with van der Waals surface area (Å²) in [5, 5.41) is 1.68. The molecule has 0 saturated carbocycles. The Balaban J connectivity index is 1.84. The van der Waals surface area contributed by atoms with Gasteiger partial charge >= 0.3 is 0 Å². The number of H-pyrrole nitrogens is 1. The van der Waals surface area contributed by atoms with Crippen molar-refractivity contribution in [2.75, 3.05) is 26.2 Å². The van der Waals surface area contributed by atoms with Gasteiger partial charge in [-0.2, -0.15) is 0 Å². The monoisotopic (exact) mass is 347 g/mol. The molecular formula is C18H22ClN3O2. The van der Waals surface area contributed by atoms with Crippen LogP contribution in [0.4, 0.5) is 0 Å². The average Bonchev–Trinajstić information content (AvgIpc) is 2.97. The molecule has 128 valence electrons. The van der Waals surface area contributed by atoms with Crippen molar-refractivity contribution in [3.63, 3.8) is 0 Å². The van der Waals surface area contributed by atoms with Crippen LogP contribution in [-0.2, 0) is 15.0 Å². The van der Waals surface area contributed by atoms with Gasteiger partial charge in [-0.25, -0.2) is 0 Å². The molecule has 2 amide bonds. The van der Waals surface area contributed by atoms with Crippen molar-refractivity contribution in [3.8, 4) is 0 Å². The van der Waals surface area contributed by atoms with E-state index in [4.69, 9.17) is 11.6 Å². The highest BCUT2D eigenvalue weighted by Gasteiger charge is 2.37. The first-order valence-electron chi connectivity index (χ1n) is 8.12. The maximum atomic E-state index is 13.1. The van der Waals surface area contributed by atoms with E-state index in [0.717, 1.165) is 16.5 Å². The zero-order chi connectivity index (χ0) is 17.5. The molecule has 1 aromatic heterocycles. The maximum Gasteiger partial charge on any atom is 0.232 e. The van der Waals surface area contributed by atoms with Crippen molar-refractivity contribution in [1.82, 2.24) is 14.8 Å². The number of piperazine rings is 1. The number of aromatic nitrogens is 1. The first-order chi connectivity index (χ1) is 11.3. The minimum absolute atomic E-state index is 0.0647. The molecule has 3 rings (SSSR count). The van der Waals surface area contributed by atoms with Crippen molar-refractivity contribution < 1.29 is 9.59 Å². The fourth-order valence-corrected chi connectivity index (χ4v) is 3.52. The van der Waals surface area contributed by atoms with Gasteiger partial charge in [0.1, 0.15) is 0 Å². The summed E-state index contributed by atoms with van der Waals surface area (Å²) < 4.78 is 0. The molecule has 0 radical (unpaired) electrons. The third-order valence-electron chi connectivity index (χ3n) is 4.86. The summed E-state index contributed by atoms with van der Waals surface area (Å²) in [7, 11) is 0. The zero-order valence-electron chi connectivity index (χ0n) is 14.2. The minimum Gasteiger partial charge on any atom is -0.361 e. The average molecular weight is 348 g/mol. The molecule has 1 aromatic carbocycles. The molecule has 2 aromatic rings. The predicted molar refractivity (Wildman–Crippen MR) is 95.2 cm³/mol. The molecule has 1 N–H and O–H groups in total. The Morgan fingerprint density at radius 1 is 1.12 bits per heavy atom. The first-order valence-corrected chi connectivity index (χ1v) is 8.50. The number of aromatic amines is 1. The van der Waals surface area contributed by atoms with Gasteiger partial charge in [0.25, 0.3) is 0 Å². The van der Waals surface area contributed by atoms with Crippen LogP contribution >= 0.6 is 11.6 Å². The summed E-state index contributed by atoms with van der Waals surface area (Å²) in [4.78, 5) is 31.4. The Labute approximate surface area is 146 Å². The van der Waals surface area contributed by atoms with Crippen LogP contribution in [0.25, 0.3) is 10.9 Å². The fourth-order valence-electron chi connectivity index (χ4n) is 3.35. The van der Waals surface area contributed by atoms with Crippen molar-refractivity contribution in [2.24, 2.45) is 0 Å². The Morgan fingerprint density at radius 2 is 1.75 bits per heavy atom. The molecule has 0 aliphatic carbocycles. The second-order valence-electron chi connectivity index (χ2n) is 6.82. The summed E-state index contributed by atoms with van der Waals surface area (Å²) in [6.07, 6.45) is 1.89. The second kappa shape index (κ2) is 6.13. The molecule has 2 heterocycles. The lowest BCUT2D eigenvalue weighted by atomic mass is 9.82. The van der Waals surface area contributed by atoms with E-state index >= 15 is 0 Å². The van der Waals surface area contributed by atoms with E-state index in [9.17, 15) is 9.59 Å². The number of fused-ring (bicyclic) bond motifs is 1. The van der Waals surface area contributed by atoms with Crippen LogP contribution in [0, 0.1) is 0 Å². The van der Waals surface area contributed by atoms with Gasteiger partial charge in [-0.3, -0.25) is 9.59 Å². The normalized spacial score (nSPS) is 15.8. The maximum absolute atomic E-state index is 13.1. The van der Waals surface area contributed by atoms with Crippen molar-refractivity contribution >= 4 is 34.3 Å². The van der Waals surface area contributed by atoms with Crippen LogP contribution in [0.2, 0.25) is 5.02 Å². The van der Waals surface area contributed by atoms with Gasteiger partial charge < -0.3 is 14.8 Å². The van der Waals surface area contributed by atoms with Crippen LogP contribution in [-0.4, -0.2) is 52.8 Å². The zero-order valence-corrected chi connectivity index (χ0v) is 15.0. The Hall–Kier alpha value is -2.01. The lowest BCUT2D eigenvalue weighted by molar-refractivity contribution is -0.141. The number of hydrogen-bond acceptors (Lipinski definition) is 2. The largest absolute Gasteiger partial charge is 0.361 e. The molecule has 0 spiro atoms. The third kappa shape index (κ3) is 2.88. The summed E-state index contributed by atoms with van der Waals surface area (Å²) in [6, 6.07) is 5.66. The van der Waals surface area contributed by atoms with Gasteiger partial charge in [-0.15, -0.1) is 0 Å². The highest BCUT2D eigenvalue weighted by molar-refractivity contribution is 6.31. The molecule has 0 atom stereocenters. The summed E-state index contributed by atoms with van der Waals surface area (Å²) >= 11 is 6.04. The number of rotatable bonds is 2. The summed E-state index contributed by atoms with van der Waals surface area (Å²) in [5.74, 6) is 0.149. The van der Waals surface area contributed by atoms with Gasteiger partial charge in [0.05, 0.1) is 5.41 Å². The highest BCUT2D eigenvalue weighted by Crippen LogP contribution is 2.33. The fraction of sp³-hybridized carbons (Fsp3) is 0.444. The SMILES string of the molecule is CC(=O)N1CCN(C(=O)C(C)(C)c2c[nH]c3cc(Cl)ccc23)CC1. The van der Waals surface area contributed by atoms with Gasteiger partial charge in [-0.05, 0) is 31.5 Å². The smallest absolute Gasteiger partial charge is 0.232 e. The van der Waals surface area contributed by atoms with Gasteiger partial charge in [-0.1, -0.05) is 17.7 Å². The Morgan fingerprint density at radius 3 is 2.38 bits per heavy atom. The molecular weight excluding hydrogens is 326 g/mol. The van der Waals surface area contributed by atoms with E-state index in [2.05, 4.69) is 4.98 Å². The summed E-state index contributed by atoms with van der Waals surface area (Å²) in [6.45, 7) is 7.82. The van der Waals surface area contributed by atoms with Gasteiger partial charge in [0.2, 0.25) is 11.8 Å². The van der Waals surface area contributed by atoms with Crippen molar-refractivity contribution in [3.05, 3.63) is 35.0 Å². The molecule has 0 unspecified atom stereocenters. The number of hydrogen-bond donors (Lipinski definition) is 1. The van der Waals surface area contributed by atoms with E-state index in [0.29, 0.717) is 31.2 Å². The van der Waals surface area contributed by atoms with E-state index in [1.165, 1.54) is 0 Å². The number of benzene rings is 1. The topological polar surface area (TPSA) is 56.4 Å². The molecule has 1 fully saturated rings. The summed E-state index contributed by atoms with van der Waals surface area (Å²) in [5.41, 5.74) is 1.25. The van der Waals surface area contributed by atoms with Crippen molar-refractivity contribution in [1.29, 1.82) is 0 Å². The standard InChI is InChI=1S/C18H22ClN3O2/c1-12(23)21-6-8-22(9-7-21)17(24)18(2,3)15-11-20-16-10-13(19)4-5-14(15)16/h4-5,10-11,20H,6-9H2,1-3H3. The van der Waals surface area contributed by atoms with Crippen molar-refractivity contribution in [2.45, 2.75) is 26.2 Å². The molecule has 1 aliphatic heterocycles. The molecule has 1 aliphatic rings. The van der Waals surface area contributed by atoms with E-state index in [-0.39, 0.29) is 11.8 Å². The quantitative estimate of drug-likeness (QED) is 0.908. The molecule has 1 saturated heterocycles. The number of carbonyl (C=O) groups excluding carboxylic acids is 2. The number of halogens is 1. The minimum atomic E-state index is -0.648. The molecule has 5 nitrogen and oxygen atoms in total. The molecule has 6 heteroatoms. The Kier molecular flexibility index (Phi) is 4.30. The first kappa shape index (κ1) is 16.8. The van der Waals surface area contributed by atoms with Crippen LogP contribution in [0.5, 0.6) is 0 Å². The lowest BCUT2D eigenvalue weighted by Gasteiger charge is -2.38. The van der Waals surface area contributed by atoms with Crippen LogP contribution in [0.15, 0.2) is 24.4 Å². The van der Waals surface area contributed by atoms with Gasteiger partial charge in [0, 0.05) is 55.2 Å². The number of nitrogens with zero attached hydrogens (tertiary/aromatic N) is 2. The van der Waals surface area contributed by atoms with Gasteiger partial charge in [0.15, 0.2) is 0 Å². The third-order valence-corrected chi connectivity index (χ3v) is 5.10. The molecule has 24 heavy (non-hydrogen) atoms. The van der Waals surface area contributed by atoms with E-state index in [1.54, 1.807) is 11.8 Å². The highest BCUT2D eigenvalue weighted by atomic mass is 35.5. The lowest BCUT2D eigenvalue weighted by Crippen LogP contribution is -2.54. The van der Waals surface area contributed by atoms with Crippen LogP contribution < -0.4 is 0 Å². The molecule has 0 bridgehead atoms. The number of amides is 2.